The van der Waals surface area contributed by atoms with Crippen LogP contribution in [0.2, 0.25) is 0 Å². The SMILES string of the molecule is Cc1ccsc1CNC(=O)C(C(N)=S)c1ccccc1. The third-order valence-electron chi connectivity index (χ3n) is 3.07. The molecular weight excluding hydrogens is 288 g/mol. The highest BCUT2D eigenvalue weighted by Crippen LogP contribution is 2.18. The van der Waals surface area contributed by atoms with Gasteiger partial charge in [0, 0.05) is 4.88 Å². The van der Waals surface area contributed by atoms with E-state index in [0.717, 1.165) is 10.4 Å². The van der Waals surface area contributed by atoms with Gasteiger partial charge in [0.25, 0.3) is 0 Å². The largest absolute Gasteiger partial charge is 0.392 e. The van der Waals surface area contributed by atoms with E-state index in [9.17, 15) is 4.79 Å². The molecule has 2 aromatic rings. The molecule has 1 atom stereocenters. The molecular formula is C15H16N2OS2. The normalized spacial score (nSPS) is 11.8. The highest BCUT2D eigenvalue weighted by atomic mass is 32.1. The predicted molar refractivity (Wildman–Crippen MR) is 86.9 cm³/mol. The summed E-state index contributed by atoms with van der Waals surface area (Å²) in [6.45, 7) is 2.54. The summed E-state index contributed by atoms with van der Waals surface area (Å²) in [6.07, 6.45) is 0. The van der Waals surface area contributed by atoms with Crippen LogP contribution in [0.5, 0.6) is 0 Å². The zero-order chi connectivity index (χ0) is 14.5. The standard InChI is InChI=1S/C15H16N2OS2/c1-10-7-8-20-12(10)9-17-15(18)13(14(16)19)11-5-3-2-4-6-11/h2-8,13H,9H2,1H3,(H2,16,19)(H,17,18). The van der Waals surface area contributed by atoms with E-state index in [-0.39, 0.29) is 10.9 Å². The molecule has 0 bridgehead atoms. The van der Waals surface area contributed by atoms with E-state index in [1.54, 1.807) is 11.3 Å². The Morgan fingerprint density at radius 1 is 1.35 bits per heavy atom. The van der Waals surface area contributed by atoms with Crippen LogP contribution >= 0.6 is 23.6 Å². The van der Waals surface area contributed by atoms with Gasteiger partial charge in [-0.25, -0.2) is 0 Å². The average Bonchev–Trinajstić information content (AvgIpc) is 2.83. The fraction of sp³-hybridized carbons (Fsp3) is 0.200. The van der Waals surface area contributed by atoms with E-state index >= 15 is 0 Å². The van der Waals surface area contributed by atoms with Crippen molar-refractivity contribution < 1.29 is 4.79 Å². The van der Waals surface area contributed by atoms with Crippen molar-refractivity contribution in [3.63, 3.8) is 0 Å². The summed E-state index contributed by atoms with van der Waals surface area (Å²) in [6, 6.07) is 11.4. The molecule has 3 nitrogen and oxygen atoms in total. The number of hydrogen-bond donors (Lipinski definition) is 2. The van der Waals surface area contributed by atoms with Crippen LogP contribution in [0.3, 0.4) is 0 Å². The number of nitrogens with two attached hydrogens (primary N) is 1. The summed E-state index contributed by atoms with van der Waals surface area (Å²) in [5.41, 5.74) is 7.72. The molecule has 1 aromatic heterocycles. The predicted octanol–water partition coefficient (Wildman–Crippen LogP) is 2.74. The first-order chi connectivity index (χ1) is 9.59. The van der Waals surface area contributed by atoms with Crippen molar-refractivity contribution in [1.82, 2.24) is 5.32 Å². The third kappa shape index (κ3) is 3.43. The maximum absolute atomic E-state index is 12.3. The van der Waals surface area contributed by atoms with Crippen molar-refractivity contribution in [2.24, 2.45) is 5.73 Å². The van der Waals surface area contributed by atoms with E-state index in [1.807, 2.05) is 48.7 Å². The maximum Gasteiger partial charge on any atom is 0.234 e. The molecule has 1 amide bonds. The number of nitrogens with one attached hydrogen (secondary N) is 1. The van der Waals surface area contributed by atoms with Gasteiger partial charge in [-0.3, -0.25) is 4.79 Å². The third-order valence-corrected chi connectivity index (χ3v) is 4.33. The lowest BCUT2D eigenvalue weighted by atomic mass is 9.98. The Kier molecular flexibility index (Phi) is 4.87. The van der Waals surface area contributed by atoms with Gasteiger partial charge in [0.2, 0.25) is 5.91 Å². The van der Waals surface area contributed by atoms with E-state index in [1.165, 1.54) is 5.56 Å². The molecule has 1 aromatic carbocycles. The molecule has 0 radical (unpaired) electrons. The monoisotopic (exact) mass is 304 g/mol. The van der Waals surface area contributed by atoms with Gasteiger partial charge >= 0.3 is 0 Å². The fourth-order valence-electron chi connectivity index (χ4n) is 1.94. The minimum Gasteiger partial charge on any atom is -0.392 e. The van der Waals surface area contributed by atoms with Gasteiger partial charge < -0.3 is 11.1 Å². The molecule has 0 fully saturated rings. The summed E-state index contributed by atoms with van der Waals surface area (Å²) in [5.74, 6) is -0.733. The zero-order valence-corrected chi connectivity index (χ0v) is 12.8. The van der Waals surface area contributed by atoms with Crippen molar-refractivity contribution in [1.29, 1.82) is 0 Å². The second-order valence-corrected chi connectivity index (χ2v) is 5.96. The van der Waals surface area contributed by atoms with Gasteiger partial charge in [-0.15, -0.1) is 11.3 Å². The Morgan fingerprint density at radius 3 is 2.60 bits per heavy atom. The molecule has 0 spiro atoms. The van der Waals surface area contributed by atoms with E-state index < -0.39 is 5.92 Å². The van der Waals surface area contributed by atoms with Crippen molar-refractivity contribution in [2.45, 2.75) is 19.4 Å². The molecule has 3 N–H and O–H groups in total. The fourth-order valence-corrected chi connectivity index (χ4v) is 3.03. The molecule has 0 saturated heterocycles. The number of carbonyl (C=O) groups is 1. The summed E-state index contributed by atoms with van der Waals surface area (Å²) in [4.78, 5) is 13.7. The van der Waals surface area contributed by atoms with Gasteiger partial charge in [0.15, 0.2) is 0 Å². The minimum atomic E-state index is -0.577. The topological polar surface area (TPSA) is 55.1 Å². The quantitative estimate of drug-likeness (QED) is 0.835. The van der Waals surface area contributed by atoms with Crippen molar-refractivity contribution in [3.05, 3.63) is 57.8 Å². The molecule has 1 heterocycles. The Labute approximate surface area is 127 Å². The minimum absolute atomic E-state index is 0.156. The molecule has 0 aliphatic carbocycles. The first-order valence-electron chi connectivity index (χ1n) is 6.24. The smallest absolute Gasteiger partial charge is 0.234 e. The van der Waals surface area contributed by atoms with Crippen LogP contribution in [0.25, 0.3) is 0 Å². The van der Waals surface area contributed by atoms with Crippen LogP contribution in [0.15, 0.2) is 41.8 Å². The van der Waals surface area contributed by atoms with E-state index in [4.69, 9.17) is 18.0 Å². The highest BCUT2D eigenvalue weighted by molar-refractivity contribution is 7.80. The number of rotatable bonds is 5. The molecule has 0 saturated carbocycles. The lowest BCUT2D eigenvalue weighted by Crippen LogP contribution is -2.35. The van der Waals surface area contributed by atoms with Crippen molar-refractivity contribution >= 4 is 34.5 Å². The van der Waals surface area contributed by atoms with Gasteiger partial charge in [-0.1, -0.05) is 42.5 Å². The van der Waals surface area contributed by atoms with E-state index in [2.05, 4.69) is 5.32 Å². The number of amides is 1. The first-order valence-corrected chi connectivity index (χ1v) is 7.53. The summed E-state index contributed by atoms with van der Waals surface area (Å²) in [7, 11) is 0. The second-order valence-electron chi connectivity index (χ2n) is 4.49. The zero-order valence-electron chi connectivity index (χ0n) is 11.1. The number of aryl methyl sites for hydroxylation is 1. The Morgan fingerprint density at radius 2 is 2.05 bits per heavy atom. The van der Waals surface area contributed by atoms with Gasteiger partial charge in [0.1, 0.15) is 5.92 Å². The Bertz CT molecular complexity index is 607. The van der Waals surface area contributed by atoms with Crippen LogP contribution in [-0.2, 0) is 11.3 Å². The summed E-state index contributed by atoms with van der Waals surface area (Å²) in [5, 5.41) is 4.92. The Balaban J connectivity index is 2.09. The van der Waals surface area contributed by atoms with Gasteiger partial charge in [-0.05, 0) is 29.5 Å². The molecule has 0 aliphatic heterocycles. The molecule has 5 heteroatoms. The van der Waals surface area contributed by atoms with Crippen LogP contribution in [0.4, 0.5) is 0 Å². The first kappa shape index (κ1) is 14.7. The highest BCUT2D eigenvalue weighted by Gasteiger charge is 2.23. The lowest BCUT2D eigenvalue weighted by Gasteiger charge is -2.15. The second kappa shape index (κ2) is 6.63. The van der Waals surface area contributed by atoms with Crippen LogP contribution in [-0.4, -0.2) is 10.9 Å². The molecule has 1 unspecified atom stereocenters. The Hall–Kier alpha value is -1.72. The molecule has 0 aliphatic rings. The molecule has 104 valence electrons. The molecule has 2 rings (SSSR count). The van der Waals surface area contributed by atoms with Crippen LogP contribution in [0, 0.1) is 6.92 Å². The van der Waals surface area contributed by atoms with Gasteiger partial charge in [-0.2, -0.15) is 0 Å². The number of thiocarbonyl (C=S) groups is 1. The van der Waals surface area contributed by atoms with Gasteiger partial charge in [0.05, 0.1) is 11.5 Å². The number of carbonyl (C=O) groups excluding carboxylic acids is 1. The number of hydrogen-bond acceptors (Lipinski definition) is 3. The van der Waals surface area contributed by atoms with Crippen molar-refractivity contribution in [3.8, 4) is 0 Å². The van der Waals surface area contributed by atoms with Crippen LogP contribution in [0.1, 0.15) is 21.9 Å². The summed E-state index contributed by atoms with van der Waals surface area (Å²) < 4.78 is 0. The number of benzene rings is 1. The maximum atomic E-state index is 12.3. The van der Waals surface area contributed by atoms with Crippen LogP contribution < -0.4 is 11.1 Å². The van der Waals surface area contributed by atoms with Crippen molar-refractivity contribution in [2.75, 3.05) is 0 Å². The van der Waals surface area contributed by atoms with E-state index in [0.29, 0.717) is 6.54 Å². The lowest BCUT2D eigenvalue weighted by molar-refractivity contribution is -0.121. The number of thiophene rings is 1. The average molecular weight is 304 g/mol. The summed E-state index contributed by atoms with van der Waals surface area (Å²) >= 11 is 6.66. The molecule has 20 heavy (non-hydrogen) atoms.